The standard InChI is InChI=1S/C13H18N2O/c1-11-8-12(2-5-14-11)15-6-3-13(9-15)4-7-16-10-13/h2,5,8H,3-4,6-7,9-10H2,1H3. The number of aromatic nitrogens is 1. The molecule has 1 atom stereocenters. The van der Waals surface area contributed by atoms with E-state index in [0.717, 1.165) is 32.0 Å². The maximum Gasteiger partial charge on any atom is 0.0540 e. The Hall–Kier alpha value is -1.09. The molecule has 2 fully saturated rings. The van der Waals surface area contributed by atoms with E-state index in [-0.39, 0.29) is 0 Å². The summed E-state index contributed by atoms with van der Waals surface area (Å²) >= 11 is 0. The van der Waals surface area contributed by atoms with E-state index in [9.17, 15) is 0 Å². The van der Waals surface area contributed by atoms with Gasteiger partial charge in [0.05, 0.1) is 6.61 Å². The molecule has 0 aromatic carbocycles. The van der Waals surface area contributed by atoms with Gasteiger partial charge in [0.1, 0.15) is 0 Å². The predicted molar refractivity (Wildman–Crippen MR) is 63.7 cm³/mol. The molecule has 3 rings (SSSR count). The number of ether oxygens (including phenoxy) is 1. The molecule has 1 spiro atoms. The zero-order valence-corrected chi connectivity index (χ0v) is 9.78. The smallest absolute Gasteiger partial charge is 0.0540 e. The first-order valence-corrected chi connectivity index (χ1v) is 6.03. The quantitative estimate of drug-likeness (QED) is 0.721. The highest BCUT2D eigenvalue weighted by Gasteiger charge is 2.41. The van der Waals surface area contributed by atoms with Crippen molar-refractivity contribution in [1.82, 2.24) is 4.98 Å². The minimum absolute atomic E-state index is 0.442. The van der Waals surface area contributed by atoms with E-state index in [1.54, 1.807) is 0 Å². The van der Waals surface area contributed by atoms with Crippen molar-refractivity contribution >= 4 is 5.69 Å². The van der Waals surface area contributed by atoms with Gasteiger partial charge in [-0.1, -0.05) is 0 Å². The van der Waals surface area contributed by atoms with Gasteiger partial charge in [-0.2, -0.15) is 0 Å². The van der Waals surface area contributed by atoms with E-state index in [0.29, 0.717) is 5.41 Å². The van der Waals surface area contributed by atoms with Gasteiger partial charge in [-0.3, -0.25) is 4.98 Å². The zero-order chi connectivity index (χ0) is 11.0. The van der Waals surface area contributed by atoms with Crippen LogP contribution in [0.15, 0.2) is 18.3 Å². The Kier molecular flexibility index (Phi) is 2.36. The summed E-state index contributed by atoms with van der Waals surface area (Å²) in [4.78, 5) is 6.72. The van der Waals surface area contributed by atoms with Gasteiger partial charge < -0.3 is 9.64 Å². The van der Waals surface area contributed by atoms with Crippen molar-refractivity contribution in [2.75, 3.05) is 31.2 Å². The van der Waals surface area contributed by atoms with E-state index in [1.807, 2.05) is 13.1 Å². The molecule has 0 aliphatic carbocycles. The fourth-order valence-corrected chi connectivity index (χ4v) is 2.85. The van der Waals surface area contributed by atoms with Crippen LogP contribution in [0.4, 0.5) is 5.69 Å². The molecule has 1 unspecified atom stereocenters. The van der Waals surface area contributed by atoms with E-state index in [1.165, 1.54) is 18.5 Å². The highest BCUT2D eigenvalue weighted by atomic mass is 16.5. The molecular formula is C13H18N2O. The lowest BCUT2D eigenvalue weighted by Gasteiger charge is -2.23. The Morgan fingerprint density at radius 2 is 2.38 bits per heavy atom. The van der Waals surface area contributed by atoms with Gasteiger partial charge in [-0.15, -0.1) is 0 Å². The van der Waals surface area contributed by atoms with Crippen molar-refractivity contribution in [3.05, 3.63) is 24.0 Å². The van der Waals surface area contributed by atoms with Crippen LogP contribution in [0.2, 0.25) is 0 Å². The summed E-state index contributed by atoms with van der Waals surface area (Å²) in [5.41, 5.74) is 2.86. The summed E-state index contributed by atoms with van der Waals surface area (Å²) in [6, 6.07) is 4.29. The van der Waals surface area contributed by atoms with Gasteiger partial charge in [-0.25, -0.2) is 0 Å². The summed E-state index contributed by atoms with van der Waals surface area (Å²) in [7, 11) is 0. The predicted octanol–water partition coefficient (Wildman–Crippen LogP) is 2.01. The van der Waals surface area contributed by atoms with Crippen molar-refractivity contribution in [3.63, 3.8) is 0 Å². The fraction of sp³-hybridized carbons (Fsp3) is 0.615. The third-order valence-electron chi connectivity index (χ3n) is 3.87. The lowest BCUT2D eigenvalue weighted by atomic mass is 9.87. The first-order valence-electron chi connectivity index (χ1n) is 6.03. The molecule has 0 radical (unpaired) electrons. The molecule has 1 aromatic rings. The number of rotatable bonds is 1. The summed E-state index contributed by atoms with van der Waals surface area (Å²) in [5, 5.41) is 0. The molecule has 2 aliphatic rings. The average Bonchev–Trinajstić information content (AvgIpc) is 2.90. The second kappa shape index (κ2) is 3.74. The Balaban J connectivity index is 1.78. The minimum atomic E-state index is 0.442. The summed E-state index contributed by atoms with van der Waals surface area (Å²) < 4.78 is 5.55. The first kappa shape index (κ1) is 10.1. The number of hydrogen-bond donors (Lipinski definition) is 0. The van der Waals surface area contributed by atoms with Gasteiger partial charge in [0, 0.05) is 42.7 Å². The van der Waals surface area contributed by atoms with Gasteiger partial charge in [0.15, 0.2) is 0 Å². The molecule has 2 aliphatic heterocycles. The normalized spacial score (nSPS) is 29.2. The van der Waals surface area contributed by atoms with Gasteiger partial charge in [0.25, 0.3) is 0 Å². The van der Waals surface area contributed by atoms with Crippen LogP contribution in [0.25, 0.3) is 0 Å². The minimum Gasteiger partial charge on any atom is -0.381 e. The summed E-state index contributed by atoms with van der Waals surface area (Å²) in [6.07, 6.45) is 4.41. The lowest BCUT2D eigenvalue weighted by Crippen LogP contribution is -2.27. The number of hydrogen-bond acceptors (Lipinski definition) is 3. The molecule has 0 bridgehead atoms. The second-order valence-corrected chi connectivity index (χ2v) is 5.13. The van der Waals surface area contributed by atoms with Crippen LogP contribution in [0.5, 0.6) is 0 Å². The van der Waals surface area contributed by atoms with Crippen LogP contribution in [0.3, 0.4) is 0 Å². The molecule has 2 saturated heterocycles. The molecular weight excluding hydrogens is 200 g/mol. The molecule has 3 nitrogen and oxygen atoms in total. The van der Waals surface area contributed by atoms with Crippen molar-refractivity contribution < 1.29 is 4.74 Å². The maximum atomic E-state index is 5.55. The number of nitrogens with zero attached hydrogens (tertiary/aromatic N) is 2. The third-order valence-corrected chi connectivity index (χ3v) is 3.87. The van der Waals surface area contributed by atoms with Crippen molar-refractivity contribution in [2.24, 2.45) is 5.41 Å². The molecule has 86 valence electrons. The topological polar surface area (TPSA) is 25.4 Å². The Labute approximate surface area is 96.4 Å². The van der Waals surface area contributed by atoms with Crippen LogP contribution >= 0.6 is 0 Å². The van der Waals surface area contributed by atoms with E-state index >= 15 is 0 Å². The zero-order valence-electron chi connectivity index (χ0n) is 9.78. The van der Waals surface area contributed by atoms with Crippen molar-refractivity contribution in [1.29, 1.82) is 0 Å². The van der Waals surface area contributed by atoms with E-state index in [2.05, 4.69) is 22.0 Å². The largest absolute Gasteiger partial charge is 0.381 e. The van der Waals surface area contributed by atoms with Gasteiger partial charge in [-0.05, 0) is 31.9 Å². The molecule has 3 heterocycles. The average molecular weight is 218 g/mol. The lowest BCUT2D eigenvalue weighted by molar-refractivity contribution is 0.160. The highest BCUT2D eigenvalue weighted by molar-refractivity contribution is 5.47. The Morgan fingerprint density at radius 3 is 3.12 bits per heavy atom. The van der Waals surface area contributed by atoms with Crippen molar-refractivity contribution in [3.8, 4) is 0 Å². The van der Waals surface area contributed by atoms with Gasteiger partial charge >= 0.3 is 0 Å². The Bertz CT molecular complexity index is 385. The molecule has 0 amide bonds. The van der Waals surface area contributed by atoms with E-state index < -0.39 is 0 Å². The Morgan fingerprint density at radius 1 is 1.44 bits per heavy atom. The molecule has 16 heavy (non-hydrogen) atoms. The molecule has 1 aromatic heterocycles. The monoisotopic (exact) mass is 218 g/mol. The molecule has 3 heteroatoms. The van der Waals surface area contributed by atoms with Crippen LogP contribution < -0.4 is 4.90 Å². The van der Waals surface area contributed by atoms with E-state index in [4.69, 9.17) is 4.74 Å². The van der Waals surface area contributed by atoms with Crippen LogP contribution in [0, 0.1) is 12.3 Å². The van der Waals surface area contributed by atoms with Crippen LogP contribution in [-0.2, 0) is 4.74 Å². The number of aryl methyl sites for hydroxylation is 1. The fourth-order valence-electron chi connectivity index (χ4n) is 2.85. The molecule has 0 N–H and O–H groups in total. The highest BCUT2D eigenvalue weighted by Crippen LogP contribution is 2.39. The summed E-state index contributed by atoms with van der Waals surface area (Å²) in [5.74, 6) is 0. The van der Waals surface area contributed by atoms with Crippen LogP contribution in [0.1, 0.15) is 18.5 Å². The SMILES string of the molecule is Cc1cc(N2CCC3(CCOC3)C2)ccn1. The number of anilines is 1. The third kappa shape index (κ3) is 1.69. The van der Waals surface area contributed by atoms with Gasteiger partial charge in [0.2, 0.25) is 0 Å². The molecule has 0 saturated carbocycles. The van der Waals surface area contributed by atoms with Crippen LogP contribution in [-0.4, -0.2) is 31.3 Å². The van der Waals surface area contributed by atoms with Crippen molar-refractivity contribution in [2.45, 2.75) is 19.8 Å². The first-order chi connectivity index (χ1) is 7.77. The second-order valence-electron chi connectivity index (χ2n) is 5.13. The number of pyridine rings is 1. The maximum absolute atomic E-state index is 5.55. The summed E-state index contributed by atoms with van der Waals surface area (Å²) in [6.45, 7) is 6.26.